The van der Waals surface area contributed by atoms with Crippen LogP contribution in [0.25, 0.3) is 0 Å². The molecule has 0 unspecified atom stereocenters. The minimum Gasteiger partial charge on any atom is -0.351 e. The monoisotopic (exact) mass is 179 g/mol. The van der Waals surface area contributed by atoms with Crippen LogP contribution in [-0.2, 0) is 11.3 Å². The fourth-order valence-electron chi connectivity index (χ4n) is 1.42. The smallest absolute Gasteiger partial charge is 0.217 e. The van der Waals surface area contributed by atoms with Crippen LogP contribution >= 0.6 is 0 Å². The van der Waals surface area contributed by atoms with Gasteiger partial charge in [-0.3, -0.25) is 9.89 Å². The molecule has 1 fully saturated rings. The molecule has 0 aromatic carbocycles. The van der Waals surface area contributed by atoms with Gasteiger partial charge in [0, 0.05) is 6.92 Å². The highest BCUT2D eigenvalue weighted by Crippen LogP contribution is 2.40. The number of amides is 1. The molecule has 1 aliphatic rings. The highest BCUT2D eigenvalue weighted by molar-refractivity contribution is 5.72. The molecule has 4 heteroatoms. The number of nitrogens with one attached hydrogen (secondary N) is 2. The van der Waals surface area contributed by atoms with Crippen molar-refractivity contribution in [2.24, 2.45) is 0 Å². The fourth-order valence-corrected chi connectivity index (χ4v) is 1.42. The Balaban J connectivity index is 2.02. The highest BCUT2D eigenvalue weighted by Gasteiger charge is 2.27. The van der Waals surface area contributed by atoms with Crippen molar-refractivity contribution in [1.29, 1.82) is 0 Å². The molecule has 2 rings (SSSR count). The van der Waals surface area contributed by atoms with E-state index in [1.54, 1.807) is 0 Å². The van der Waals surface area contributed by atoms with Crippen LogP contribution in [-0.4, -0.2) is 16.1 Å². The Kier molecular flexibility index (Phi) is 2.04. The molecule has 1 aromatic rings. The van der Waals surface area contributed by atoms with E-state index in [1.807, 2.05) is 6.20 Å². The summed E-state index contributed by atoms with van der Waals surface area (Å²) >= 11 is 0. The summed E-state index contributed by atoms with van der Waals surface area (Å²) in [6.45, 7) is 2.09. The molecule has 70 valence electrons. The maximum Gasteiger partial charge on any atom is 0.217 e. The molecular weight excluding hydrogens is 166 g/mol. The van der Waals surface area contributed by atoms with Crippen LogP contribution in [0.3, 0.4) is 0 Å². The number of H-pyrrole nitrogens is 1. The van der Waals surface area contributed by atoms with Gasteiger partial charge in [0.25, 0.3) is 0 Å². The van der Waals surface area contributed by atoms with Crippen molar-refractivity contribution in [1.82, 2.24) is 15.5 Å². The number of hydrogen-bond acceptors (Lipinski definition) is 2. The molecule has 2 N–H and O–H groups in total. The predicted octanol–water partition coefficient (Wildman–Crippen LogP) is 0.923. The molecule has 0 atom stereocenters. The normalized spacial score (nSPS) is 15.8. The van der Waals surface area contributed by atoms with Crippen molar-refractivity contribution >= 4 is 5.91 Å². The lowest BCUT2D eigenvalue weighted by molar-refractivity contribution is -0.119. The van der Waals surface area contributed by atoms with E-state index < -0.39 is 0 Å². The summed E-state index contributed by atoms with van der Waals surface area (Å²) in [5.41, 5.74) is 2.33. The van der Waals surface area contributed by atoms with E-state index in [9.17, 15) is 4.79 Å². The van der Waals surface area contributed by atoms with Crippen molar-refractivity contribution in [3.63, 3.8) is 0 Å². The van der Waals surface area contributed by atoms with Gasteiger partial charge in [-0.1, -0.05) is 0 Å². The summed E-state index contributed by atoms with van der Waals surface area (Å²) < 4.78 is 0. The minimum atomic E-state index is -0.00338. The zero-order chi connectivity index (χ0) is 9.26. The third kappa shape index (κ3) is 1.88. The van der Waals surface area contributed by atoms with Gasteiger partial charge in [-0.15, -0.1) is 0 Å². The van der Waals surface area contributed by atoms with Crippen molar-refractivity contribution in [2.75, 3.05) is 0 Å². The molecule has 13 heavy (non-hydrogen) atoms. The first-order chi connectivity index (χ1) is 6.27. The molecule has 0 bridgehead atoms. The fraction of sp³-hybridized carbons (Fsp3) is 0.556. The second-order valence-corrected chi connectivity index (χ2v) is 3.49. The quantitative estimate of drug-likeness (QED) is 0.725. The SMILES string of the molecule is CC(=O)NCc1[nH]ncc1C1CC1. The number of rotatable bonds is 3. The third-order valence-corrected chi connectivity index (χ3v) is 2.28. The van der Waals surface area contributed by atoms with Gasteiger partial charge < -0.3 is 5.32 Å². The second kappa shape index (κ2) is 3.20. The molecule has 1 heterocycles. The average Bonchev–Trinajstić information content (AvgIpc) is 2.82. The molecule has 4 nitrogen and oxygen atoms in total. The molecule has 1 saturated carbocycles. The lowest BCUT2D eigenvalue weighted by Crippen LogP contribution is -2.19. The lowest BCUT2D eigenvalue weighted by Gasteiger charge is -2.01. The predicted molar refractivity (Wildman–Crippen MR) is 48.1 cm³/mol. The van der Waals surface area contributed by atoms with Crippen LogP contribution in [0.2, 0.25) is 0 Å². The van der Waals surface area contributed by atoms with Crippen molar-refractivity contribution in [3.05, 3.63) is 17.5 Å². The number of nitrogens with zero attached hydrogens (tertiary/aromatic N) is 1. The molecule has 0 spiro atoms. The zero-order valence-corrected chi connectivity index (χ0v) is 7.63. The van der Waals surface area contributed by atoms with E-state index in [0.29, 0.717) is 12.5 Å². The summed E-state index contributed by atoms with van der Waals surface area (Å²) in [6.07, 6.45) is 4.38. The van der Waals surface area contributed by atoms with Crippen molar-refractivity contribution in [3.8, 4) is 0 Å². The van der Waals surface area contributed by atoms with Crippen LogP contribution in [0, 0.1) is 0 Å². The summed E-state index contributed by atoms with van der Waals surface area (Å²) in [4.78, 5) is 10.7. The zero-order valence-electron chi connectivity index (χ0n) is 7.63. The topological polar surface area (TPSA) is 57.8 Å². The first-order valence-electron chi connectivity index (χ1n) is 4.54. The summed E-state index contributed by atoms with van der Waals surface area (Å²) in [6, 6.07) is 0. The van der Waals surface area contributed by atoms with Crippen LogP contribution in [0.5, 0.6) is 0 Å². The largest absolute Gasteiger partial charge is 0.351 e. The Bertz CT molecular complexity index is 314. The van der Waals surface area contributed by atoms with Gasteiger partial charge in [0.05, 0.1) is 18.4 Å². The lowest BCUT2D eigenvalue weighted by atomic mass is 10.1. The molecule has 0 radical (unpaired) electrons. The van der Waals surface area contributed by atoms with Crippen molar-refractivity contribution < 1.29 is 4.79 Å². The second-order valence-electron chi connectivity index (χ2n) is 3.49. The Hall–Kier alpha value is -1.32. The van der Waals surface area contributed by atoms with Crippen LogP contribution in [0.4, 0.5) is 0 Å². The number of hydrogen-bond donors (Lipinski definition) is 2. The average molecular weight is 179 g/mol. The Morgan fingerprint density at radius 2 is 2.54 bits per heavy atom. The Labute approximate surface area is 76.7 Å². The van der Waals surface area contributed by atoms with E-state index in [0.717, 1.165) is 5.69 Å². The minimum absolute atomic E-state index is 0.00338. The number of aromatic nitrogens is 2. The maximum atomic E-state index is 10.7. The molecule has 1 amide bonds. The van der Waals surface area contributed by atoms with Crippen molar-refractivity contribution in [2.45, 2.75) is 32.2 Å². The molecule has 1 aliphatic carbocycles. The molecule has 0 aliphatic heterocycles. The highest BCUT2D eigenvalue weighted by atomic mass is 16.1. The first kappa shape index (κ1) is 8.29. The summed E-state index contributed by atoms with van der Waals surface area (Å²) in [5.74, 6) is 0.679. The number of carbonyl (C=O) groups is 1. The van der Waals surface area contributed by atoms with Gasteiger partial charge in [0.1, 0.15) is 0 Å². The van der Waals surface area contributed by atoms with Gasteiger partial charge >= 0.3 is 0 Å². The Morgan fingerprint density at radius 3 is 3.15 bits per heavy atom. The van der Waals surface area contributed by atoms with E-state index >= 15 is 0 Å². The molecular formula is C9H13N3O. The van der Waals surface area contributed by atoms with Gasteiger partial charge in [-0.25, -0.2) is 0 Å². The summed E-state index contributed by atoms with van der Waals surface area (Å²) in [7, 11) is 0. The summed E-state index contributed by atoms with van der Waals surface area (Å²) in [5, 5.41) is 9.66. The standard InChI is InChI=1S/C9H13N3O/c1-6(13)10-5-9-8(4-11-12-9)7-2-3-7/h4,7H,2-3,5H2,1H3,(H,10,13)(H,11,12). The van der Waals surface area contributed by atoms with E-state index in [2.05, 4.69) is 15.5 Å². The van der Waals surface area contributed by atoms with E-state index in [1.165, 1.54) is 25.3 Å². The van der Waals surface area contributed by atoms with Crippen LogP contribution in [0.1, 0.15) is 36.9 Å². The number of aromatic amines is 1. The van der Waals surface area contributed by atoms with Crippen LogP contribution < -0.4 is 5.32 Å². The molecule has 1 aromatic heterocycles. The Morgan fingerprint density at radius 1 is 1.77 bits per heavy atom. The van der Waals surface area contributed by atoms with Gasteiger partial charge in [-0.2, -0.15) is 5.10 Å². The first-order valence-corrected chi connectivity index (χ1v) is 4.54. The maximum absolute atomic E-state index is 10.7. The van der Waals surface area contributed by atoms with Gasteiger partial charge in [0.2, 0.25) is 5.91 Å². The third-order valence-electron chi connectivity index (χ3n) is 2.28. The molecule has 0 saturated heterocycles. The van der Waals surface area contributed by atoms with E-state index in [4.69, 9.17) is 0 Å². The van der Waals surface area contributed by atoms with Crippen LogP contribution in [0.15, 0.2) is 6.20 Å². The number of carbonyl (C=O) groups excluding carboxylic acids is 1. The van der Waals surface area contributed by atoms with Gasteiger partial charge in [-0.05, 0) is 24.3 Å². The van der Waals surface area contributed by atoms with Gasteiger partial charge in [0.15, 0.2) is 0 Å². The van der Waals surface area contributed by atoms with E-state index in [-0.39, 0.29) is 5.91 Å².